The minimum absolute atomic E-state index is 0.147. The number of benzene rings is 1. The van der Waals surface area contributed by atoms with Crippen molar-refractivity contribution in [3.63, 3.8) is 0 Å². The zero-order chi connectivity index (χ0) is 10.9. The number of hydrogen-bond acceptors (Lipinski definition) is 0. The predicted octanol–water partition coefficient (Wildman–Crippen LogP) is 4.18. The second-order valence-corrected chi connectivity index (χ2v) is 5.43. The Morgan fingerprint density at radius 2 is 1.93 bits per heavy atom. The number of hydrogen-bond donors (Lipinski definition) is 0. The van der Waals surface area contributed by atoms with E-state index in [0.717, 1.165) is 17.7 Å². The first-order chi connectivity index (χ1) is 7.14. The van der Waals surface area contributed by atoms with E-state index in [0.29, 0.717) is 5.41 Å². The Bertz CT molecular complexity index is 329. The Labute approximate surface area is 99.0 Å². The van der Waals surface area contributed by atoms with Crippen LogP contribution < -0.4 is 0 Å². The van der Waals surface area contributed by atoms with Crippen molar-refractivity contribution in [2.75, 3.05) is 5.33 Å². The lowest BCUT2D eigenvalue weighted by Crippen LogP contribution is -2.24. The molecule has 0 bridgehead atoms. The molecule has 2 rings (SSSR count). The summed E-state index contributed by atoms with van der Waals surface area (Å²) in [7, 11) is 0. The zero-order valence-electron chi connectivity index (χ0n) is 8.97. The first-order valence-corrected chi connectivity index (χ1v) is 6.56. The molecule has 1 aliphatic carbocycles. The summed E-state index contributed by atoms with van der Waals surface area (Å²) in [5.41, 5.74) is 1.59. The first kappa shape index (κ1) is 11.1. The van der Waals surface area contributed by atoms with Gasteiger partial charge in [-0.2, -0.15) is 0 Å². The lowest BCUT2D eigenvalue weighted by molar-refractivity contribution is 0.318. The highest BCUT2D eigenvalue weighted by atomic mass is 79.9. The molecular weight excluding hydrogens is 255 g/mol. The highest BCUT2D eigenvalue weighted by molar-refractivity contribution is 9.09. The third-order valence-corrected chi connectivity index (χ3v) is 4.67. The fraction of sp³-hybridized carbons (Fsp3) is 0.538. The SMILES string of the molecule is CC(CBr)(Cc1ccc(F)cc1)C1CC1. The van der Waals surface area contributed by atoms with Crippen molar-refractivity contribution in [3.8, 4) is 0 Å². The van der Waals surface area contributed by atoms with E-state index in [2.05, 4.69) is 22.9 Å². The van der Waals surface area contributed by atoms with Crippen LogP contribution in [0.25, 0.3) is 0 Å². The number of halogens is 2. The molecule has 0 radical (unpaired) electrons. The molecule has 1 atom stereocenters. The van der Waals surface area contributed by atoms with Crippen LogP contribution in [0.15, 0.2) is 24.3 Å². The van der Waals surface area contributed by atoms with Crippen LogP contribution in [0.2, 0.25) is 0 Å². The van der Waals surface area contributed by atoms with Crippen LogP contribution in [0.1, 0.15) is 25.3 Å². The van der Waals surface area contributed by atoms with Gasteiger partial charge in [0.1, 0.15) is 5.82 Å². The summed E-state index contributed by atoms with van der Waals surface area (Å²) in [6, 6.07) is 6.91. The van der Waals surface area contributed by atoms with E-state index < -0.39 is 0 Å². The largest absolute Gasteiger partial charge is 0.207 e. The summed E-state index contributed by atoms with van der Waals surface area (Å²) in [5.74, 6) is 0.702. The van der Waals surface area contributed by atoms with Gasteiger partial charge in [-0.15, -0.1) is 0 Å². The summed E-state index contributed by atoms with van der Waals surface area (Å²) < 4.78 is 12.8. The molecule has 0 nitrogen and oxygen atoms in total. The van der Waals surface area contributed by atoms with E-state index in [1.165, 1.54) is 18.4 Å². The zero-order valence-corrected chi connectivity index (χ0v) is 10.6. The standard InChI is InChI=1S/C13H16BrF/c1-13(9-14,11-4-5-11)8-10-2-6-12(15)7-3-10/h2-3,6-7,11H,4-5,8-9H2,1H3. The summed E-state index contributed by atoms with van der Waals surface area (Å²) in [6.07, 6.45) is 3.75. The van der Waals surface area contributed by atoms with E-state index in [1.807, 2.05) is 12.1 Å². The van der Waals surface area contributed by atoms with Gasteiger partial charge in [0, 0.05) is 5.33 Å². The van der Waals surface area contributed by atoms with Gasteiger partial charge in [0.25, 0.3) is 0 Å². The van der Waals surface area contributed by atoms with E-state index >= 15 is 0 Å². The molecule has 1 saturated carbocycles. The monoisotopic (exact) mass is 270 g/mol. The van der Waals surface area contributed by atoms with Crippen LogP contribution in [0, 0.1) is 17.2 Å². The predicted molar refractivity (Wildman–Crippen MR) is 64.7 cm³/mol. The molecule has 0 amide bonds. The van der Waals surface area contributed by atoms with Gasteiger partial charge < -0.3 is 0 Å². The number of rotatable bonds is 4. The Kier molecular flexibility index (Phi) is 3.15. The van der Waals surface area contributed by atoms with Gasteiger partial charge in [0.2, 0.25) is 0 Å². The molecule has 1 aromatic carbocycles. The molecule has 0 N–H and O–H groups in total. The highest BCUT2D eigenvalue weighted by Crippen LogP contribution is 2.48. The molecule has 1 aliphatic rings. The lowest BCUT2D eigenvalue weighted by Gasteiger charge is -2.27. The summed E-state index contributed by atoms with van der Waals surface area (Å²) >= 11 is 3.61. The highest BCUT2D eigenvalue weighted by Gasteiger charge is 2.40. The van der Waals surface area contributed by atoms with Crippen LogP contribution in [0.4, 0.5) is 4.39 Å². The number of alkyl halides is 1. The van der Waals surface area contributed by atoms with Gasteiger partial charge in [-0.25, -0.2) is 4.39 Å². The molecule has 1 fully saturated rings. The maximum absolute atomic E-state index is 12.8. The van der Waals surface area contributed by atoms with Crippen LogP contribution in [0.3, 0.4) is 0 Å². The van der Waals surface area contributed by atoms with Crippen molar-refractivity contribution < 1.29 is 4.39 Å². The minimum Gasteiger partial charge on any atom is -0.207 e. The van der Waals surface area contributed by atoms with Crippen molar-refractivity contribution >= 4 is 15.9 Å². The van der Waals surface area contributed by atoms with Gasteiger partial charge in [-0.3, -0.25) is 0 Å². The molecule has 0 aliphatic heterocycles. The Hall–Kier alpha value is -0.370. The summed E-state index contributed by atoms with van der Waals surface area (Å²) in [5, 5.41) is 1.03. The molecule has 2 heteroatoms. The molecule has 0 spiro atoms. The van der Waals surface area contributed by atoms with E-state index in [4.69, 9.17) is 0 Å². The maximum atomic E-state index is 12.8. The molecule has 0 aromatic heterocycles. The lowest BCUT2D eigenvalue weighted by atomic mass is 9.81. The molecule has 1 unspecified atom stereocenters. The average molecular weight is 271 g/mol. The van der Waals surface area contributed by atoms with Crippen molar-refractivity contribution in [1.82, 2.24) is 0 Å². The van der Waals surface area contributed by atoms with Gasteiger partial charge in [-0.05, 0) is 48.3 Å². The normalized spacial score (nSPS) is 19.9. The smallest absolute Gasteiger partial charge is 0.123 e. The Morgan fingerprint density at radius 1 is 1.33 bits per heavy atom. The van der Waals surface area contributed by atoms with Gasteiger partial charge in [0.05, 0.1) is 0 Å². The minimum atomic E-state index is -0.147. The second kappa shape index (κ2) is 4.25. The summed E-state index contributed by atoms with van der Waals surface area (Å²) in [4.78, 5) is 0. The van der Waals surface area contributed by atoms with Crippen molar-refractivity contribution in [2.24, 2.45) is 11.3 Å². The van der Waals surface area contributed by atoms with Crippen molar-refractivity contribution in [3.05, 3.63) is 35.6 Å². The van der Waals surface area contributed by atoms with Crippen LogP contribution >= 0.6 is 15.9 Å². The van der Waals surface area contributed by atoms with Gasteiger partial charge in [0.15, 0.2) is 0 Å². The average Bonchev–Trinajstić information content (AvgIpc) is 3.05. The van der Waals surface area contributed by atoms with E-state index in [1.54, 1.807) is 12.1 Å². The maximum Gasteiger partial charge on any atom is 0.123 e. The van der Waals surface area contributed by atoms with E-state index in [-0.39, 0.29) is 5.82 Å². The third-order valence-electron chi connectivity index (χ3n) is 3.39. The van der Waals surface area contributed by atoms with Gasteiger partial charge in [-0.1, -0.05) is 35.0 Å². The molecule has 0 heterocycles. The fourth-order valence-electron chi connectivity index (χ4n) is 2.15. The fourth-order valence-corrected chi connectivity index (χ4v) is 2.81. The Morgan fingerprint density at radius 3 is 2.40 bits per heavy atom. The second-order valence-electron chi connectivity index (χ2n) is 4.87. The Balaban J connectivity index is 2.09. The van der Waals surface area contributed by atoms with Gasteiger partial charge >= 0.3 is 0 Å². The van der Waals surface area contributed by atoms with Crippen molar-refractivity contribution in [1.29, 1.82) is 0 Å². The third kappa shape index (κ3) is 2.60. The molecular formula is C13H16BrF. The topological polar surface area (TPSA) is 0 Å². The molecule has 1 aromatic rings. The molecule has 0 saturated heterocycles. The van der Waals surface area contributed by atoms with E-state index in [9.17, 15) is 4.39 Å². The quantitative estimate of drug-likeness (QED) is 0.721. The van der Waals surface area contributed by atoms with Crippen molar-refractivity contribution in [2.45, 2.75) is 26.2 Å². The molecule has 82 valence electrons. The van der Waals surface area contributed by atoms with Crippen LogP contribution in [-0.4, -0.2) is 5.33 Å². The van der Waals surface area contributed by atoms with Crippen LogP contribution in [-0.2, 0) is 6.42 Å². The molecule has 15 heavy (non-hydrogen) atoms. The summed E-state index contributed by atoms with van der Waals surface area (Å²) in [6.45, 7) is 2.32. The van der Waals surface area contributed by atoms with Crippen LogP contribution in [0.5, 0.6) is 0 Å². The first-order valence-electron chi connectivity index (χ1n) is 5.44.